The molecule has 0 heterocycles. The Bertz CT molecular complexity index is 359. The summed E-state index contributed by atoms with van der Waals surface area (Å²) < 4.78 is 0. The van der Waals surface area contributed by atoms with Gasteiger partial charge < -0.3 is 20.4 Å². The Hall–Kier alpha value is -1.82. The van der Waals surface area contributed by atoms with Crippen LogP contribution in [0, 0.1) is 5.92 Å². The number of rotatable bonds is 0. The Kier molecular flexibility index (Phi) is 8.54. The zero-order valence-electron chi connectivity index (χ0n) is 11.8. The number of carboxylic acid groups (broad SMARTS) is 2. The third-order valence-corrected chi connectivity index (χ3v) is 2.47. The number of aliphatic hydroxyl groups excluding tert-OH is 1. The molecule has 0 aromatic carbocycles. The van der Waals surface area contributed by atoms with Gasteiger partial charge in [-0.3, -0.25) is 9.59 Å². The van der Waals surface area contributed by atoms with Gasteiger partial charge in [0.25, 0.3) is 11.9 Å². The van der Waals surface area contributed by atoms with Crippen molar-refractivity contribution in [3.63, 3.8) is 0 Å². The zero-order valence-corrected chi connectivity index (χ0v) is 11.8. The third-order valence-electron chi connectivity index (χ3n) is 2.47. The molecule has 1 aliphatic rings. The summed E-state index contributed by atoms with van der Waals surface area (Å²) in [5, 5.41) is 33.8. The molecule has 0 saturated heterocycles. The normalized spacial score (nSPS) is 24.6. The van der Waals surface area contributed by atoms with Gasteiger partial charge in [-0.25, -0.2) is 0 Å². The lowest BCUT2D eigenvalue weighted by Crippen LogP contribution is -2.35. The SMILES string of the molecule is CC(=O)O.CC(=O)O.CC1=CC(O)=CC(C)C1(C)O. The van der Waals surface area contributed by atoms with Crippen molar-refractivity contribution in [2.24, 2.45) is 5.92 Å². The minimum absolute atomic E-state index is 0.0208. The van der Waals surface area contributed by atoms with Crippen molar-refractivity contribution in [3.05, 3.63) is 23.5 Å². The number of hydrogen-bond acceptors (Lipinski definition) is 4. The lowest BCUT2D eigenvalue weighted by molar-refractivity contribution is -0.135. The fourth-order valence-electron chi connectivity index (χ4n) is 1.19. The predicted molar refractivity (Wildman–Crippen MR) is 70.9 cm³/mol. The van der Waals surface area contributed by atoms with Gasteiger partial charge in [-0.1, -0.05) is 6.92 Å². The summed E-state index contributed by atoms with van der Waals surface area (Å²) in [4.78, 5) is 18.0. The van der Waals surface area contributed by atoms with Gasteiger partial charge in [0.15, 0.2) is 0 Å². The Morgan fingerprint density at radius 3 is 1.79 bits per heavy atom. The molecule has 2 unspecified atom stereocenters. The van der Waals surface area contributed by atoms with Crippen molar-refractivity contribution < 1.29 is 30.0 Å². The molecule has 110 valence electrons. The number of aliphatic carboxylic acids is 2. The van der Waals surface area contributed by atoms with Crippen LogP contribution in [0.3, 0.4) is 0 Å². The molecular formula is C13H22O6. The van der Waals surface area contributed by atoms with Crippen molar-refractivity contribution >= 4 is 11.9 Å². The lowest BCUT2D eigenvalue weighted by Gasteiger charge is -2.32. The molecule has 0 aliphatic heterocycles. The Morgan fingerprint density at radius 1 is 1.21 bits per heavy atom. The summed E-state index contributed by atoms with van der Waals surface area (Å²) in [6.45, 7) is 7.62. The molecule has 0 aromatic heterocycles. The smallest absolute Gasteiger partial charge is 0.300 e. The van der Waals surface area contributed by atoms with E-state index >= 15 is 0 Å². The molecular weight excluding hydrogens is 252 g/mol. The second kappa shape index (κ2) is 8.31. The number of carbonyl (C=O) groups is 2. The molecule has 0 bridgehead atoms. The van der Waals surface area contributed by atoms with E-state index in [1.165, 1.54) is 0 Å². The summed E-state index contributed by atoms with van der Waals surface area (Å²) in [7, 11) is 0. The van der Waals surface area contributed by atoms with Gasteiger partial charge in [0.2, 0.25) is 0 Å². The molecule has 1 aliphatic carbocycles. The van der Waals surface area contributed by atoms with Crippen LogP contribution >= 0.6 is 0 Å². The topological polar surface area (TPSA) is 115 Å². The maximum absolute atomic E-state index is 9.81. The van der Waals surface area contributed by atoms with E-state index in [4.69, 9.17) is 24.9 Å². The monoisotopic (exact) mass is 274 g/mol. The van der Waals surface area contributed by atoms with E-state index in [0.717, 1.165) is 19.4 Å². The van der Waals surface area contributed by atoms with Gasteiger partial charge in [-0.2, -0.15) is 0 Å². The van der Waals surface area contributed by atoms with Crippen LogP contribution in [0.5, 0.6) is 0 Å². The van der Waals surface area contributed by atoms with Crippen molar-refractivity contribution in [2.75, 3.05) is 0 Å². The second-order valence-electron chi connectivity index (χ2n) is 4.39. The fourth-order valence-corrected chi connectivity index (χ4v) is 1.19. The highest BCUT2D eigenvalue weighted by atomic mass is 16.4. The minimum Gasteiger partial charge on any atom is -0.508 e. The minimum atomic E-state index is -0.833. The van der Waals surface area contributed by atoms with Gasteiger partial charge >= 0.3 is 0 Å². The highest BCUT2D eigenvalue weighted by Crippen LogP contribution is 2.31. The summed E-state index contributed by atoms with van der Waals surface area (Å²) in [5.74, 6) is -1.44. The molecule has 6 heteroatoms. The summed E-state index contributed by atoms with van der Waals surface area (Å²) in [6.07, 6.45) is 3.26. The van der Waals surface area contributed by atoms with Crippen LogP contribution in [0.1, 0.15) is 34.6 Å². The average molecular weight is 274 g/mol. The van der Waals surface area contributed by atoms with Gasteiger partial charge in [-0.05, 0) is 31.6 Å². The van der Waals surface area contributed by atoms with Gasteiger partial charge in [0, 0.05) is 19.8 Å². The highest BCUT2D eigenvalue weighted by molar-refractivity contribution is 5.63. The Balaban J connectivity index is 0. The standard InChI is InChI=1S/C9H14O2.2C2H4O2/c1-6-4-8(10)5-7(2)9(6,3)11;2*1-2(3)4/h4-6,10-11H,1-3H3;2*1H3,(H,3,4). The van der Waals surface area contributed by atoms with Gasteiger partial charge in [-0.15, -0.1) is 0 Å². The first-order valence-corrected chi connectivity index (χ1v) is 5.62. The molecule has 1 rings (SSSR count). The first kappa shape index (κ1) is 19.5. The Morgan fingerprint density at radius 2 is 1.53 bits per heavy atom. The fraction of sp³-hybridized carbons (Fsp3) is 0.538. The lowest BCUT2D eigenvalue weighted by atomic mass is 9.80. The quantitative estimate of drug-likeness (QED) is 0.536. The number of allylic oxidation sites excluding steroid dienone is 1. The van der Waals surface area contributed by atoms with Crippen LogP contribution < -0.4 is 0 Å². The summed E-state index contributed by atoms with van der Waals surface area (Å²) in [5.41, 5.74) is 0.0108. The molecule has 0 amide bonds. The third kappa shape index (κ3) is 9.84. The molecule has 0 fully saturated rings. The molecule has 2 atom stereocenters. The zero-order chi connectivity index (χ0) is 15.8. The summed E-state index contributed by atoms with van der Waals surface area (Å²) in [6, 6.07) is 0. The second-order valence-corrected chi connectivity index (χ2v) is 4.39. The average Bonchev–Trinajstić information content (AvgIpc) is 2.12. The van der Waals surface area contributed by atoms with Crippen molar-refractivity contribution in [1.29, 1.82) is 0 Å². The van der Waals surface area contributed by atoms with Crippen LogP contribution in [0.25, 0.3) is 0 Å². The molecule has 19 heavy (non-hydrogen) atoms. The van der Waals surface area contributed by atoms with Crippen molar-refractivity contribution in [2.45, 2.75) is 40.2 Å². The van der Waals surface area contributed by atoms with E-state index in [9.17, 15) is 5.11 Å². The van der Waals surface area contributed by atoms with Crippen LogP contribution in [-0.2, 0) is 9.59 Å². The van der Waals surface area contributed by atoms with Crippen LogP contribution in [-0.4, -0.2) is 38.0 Å². The Labute approximate surface area is 112 Å². The van der Waals surface area contributed by atoms with Crippen LogP contribution in [0.4, 0.5) is 0 Å². The van der Waals surface area contributed by atoms with E-state index in [1.807, 2.05) is 13.8 Å². The first-order valence-electron chi connectivity index (χ1n) is 5.62. The van der Waals surface area contributed by atoms with E-state index in [2.05, 4.69) is 0 Å². The van der Waals surface area contributed by atoms with E-state index < -0.39 is 17.5 Å². The predicted octanol–water partition coefficient (Wildman–Crippen LogP) is 1.96. The molecule has 6 nitrogen and oxygen atoms in total. The van der Waals surface area contributed by atoms with Crippen molar-refractivity contribution in [1.82, 2.24) is 0 Å². The number of aliphatic hydroxyl groups is 2. The van der Waals surface area contributed by atoms with E-state index in [1.54, 1.807) is 19.1 Å². The molecule has 0 spiro atoms. The highest BCUT2D eigenvalue weighted by Gasteiger charge is 2.31. The largest absolute Gasteiger partial charge is 0.508 e. The van der Waals surface area contributed by atoms with Gasteiger partial charge in [0.05, 0.1) is 5.60 Å². The first-order chi connectivity index (χ1) is 8.41. The van der Waals surface area contributed by atoms with Crippen molar-refractivity contribution in [3.8, 4) is 0 Å². The molecule has 0 saturated carbocycles. The van der Waals surface area contributed by atoms with Gasteiger partial charge in [0.1, 0.15) is 5.76 Å². The maximum Gasteiger partial charge on any atom is 0.300 e. The number of hydrogen-bond donors (Lipinski definition) is 4. The maximum atomic E-state index is 9.81. The van der Waals surface area contributed by atoms with Crippen LogP contribution in [0.2, 0.25) is 0 Å². The summed E-state index contributed by atoms with van der Waals surface area (Å²) >= 11 is 0. The molecule has 0 radical (unpaired) electrons. The van der Waals surface area contributed by atoms with Crippen LogP contribution in [0.15, 0.2) is 23.5 Å². The molecule has 0 aromatic rings. The van der Waals surface area contributed by atoms with E-state index in [-0.39, 0.29) is 11.7 Å². The molecule has 4 N–H and O–H groups in total. The number of carboxylic acids is 2. The van der Waals surface area contributed by atoms with E-state index in [0.29, 0.717) is 0 Å².